The van der Waals surface area contributed by atoms with Crippen LogP contribution in [0.15, 0.2) is 53.6 Å². The third-order valence-electron chi connectivity index (χ3n) is 5.54. The molecule has 1 N–H and O–H groups in total. The first-order chi connectivity index (χ1) is 15.3. The topological polar surface area (TPSA) is 91.3 Å². The summed E-state index contributed by atoms with van der Waals surface area (Å²) in [6.07, 6.45) is 3.03. The standard InChI is InChI=1S/C23H24ClN5O3/c1-15(2)21-19(14-26-29(21)18-6-4-17(24)5-7-18)23(32)28-11-9-27(10-12-28)22(31)16-3-8-20(30)25-13-16/h3-8,13-15H,9-12H2,1-2H3,(H,25,30). The molecule has 4 rings (SSSR count). The number of amides is 2. The Morgan fingerprint density at radius 1 is 0.969 bits per heavy atom. The zero-order valence-corrected chi connectivity index (χ0v) is 18.7. The van der Waals surface area contributed by atoms with E-state index in [4.69, 9.17) is 11.6 Å². The molecule has 0 spiro atoms. The summed E-state index contributed by atoms with van der Waals surface area (Å²) in [6.45, 7) is 5.76. The molecule has 3 heterocycles. The van der Waals surface area contributed by atoms with E-state index in [1.54, 1.807) is 32.8 Å². The molecule has 2 aromatic heterocycles. The minimum atomic E-state index is -0.253. The number of H-pyrrole nitrogens is 1. The van der Waals surface area contributed by atoms with Crippen LogP contribution in [0.1, 0.15) is 46.2 Å². The van der Waals surface area contributed by atoms with Crippen molar-refractivity contribution < 1.29 is 9.59 Å². The van der Waals surface area contributed by atoms with Crippen LogP contribution in [0.2, 0.25) is 5.02 Å². The monoisotopic (exact) mass is 453 g/mol. The molecule has 2 amide bonds. The van der Waals surface area contributed by atoms with Crippen molar-refractivity contribution in [2.75, 3.05) is 26.2 Å². The van der Waals surface area contributed by atoms with Crippen molar-refractivity contribution in [1.82, 2.24) is 24.6 Å². The maximum Gasteiger partial charge on any atom is 0.257 e. The first-order valence-corrected chi connectivity index (χ1v) is 10.8. The maximum atomic E-state index is 13.3. The van der Waals surface area contributed by atoms with E-state index in [1.165, 1.54) is 18.3 Å². The zero-order valence-electron chi connectivity index (χ0n) is 17.9. The third-order valence-corrected chi connectivity index (χ3v) is 5.79. The van der Waals surface area contributed by atoms with E-state index in [-0.39, 0.29) is 23.3 Å². The summed E-state index contributed by atoms with van der Waals surface area (Å²) in [5.74, 6) is -0.174. The van der Waals surface area contributed by atoms with Crippen molar-refractivity contribution in [1.29, 1.82) is 0 Å². The molecular formula is C23H24ClN5O3. The molecule has 0 bridgehead atoms. The Bertz CT molecular complexity index is 1170. The van der Waals surface area contributed by atoms with E-state index in [2.05, 4.69) is 10.1 Å². The van der Waals surface area contributed by atoms with Gasteiger partial charge in [0.1, 0.15) is 0 Å². The van der Waals surface area contributed by atoms with Crippen LogP contribution in [-0.4, -0.2) is 62.6 Å². The van der Waals surface area contributed by atoms with E-state index in [9.17, 15) is 14.4 Å². The highest BCUT2D eigenvalue weighted by Gasteiger charge is 2.29. The van der Waals surface area contributed by atoms with Crippen LogP contribution in [0.3, 0.4) is 0 Å². The molecule has 0 unspecified atom stereocenters. The van der Waals surface area contributed by atoms with E-state index < -0.39 is 0 Å². The fourth-order valence-corrected chi connectivity index (χ4v) is 4.00. The number of halogens is 1. The van der Waals surface area contributed by atoms with Gasteiger partial charge in [-0.1, -0.05) is 25.4 Å². The number of aromatic amines is 1. The van der Waals surface area contributed by atoms with Gasteiger partial charge in [0.15, 0.2) is 0 Å². The number of carbonyl (C=O) groups excluding carboxylic acids is 2. The summed E-state index contributed by atoms with van der Waals surface area (Å²) in [6, 6.07) is 10.2. The molecular weight excluding hydrogens is 430 g/mol. The smallest absolute Gasteiger partial charge is 0.257 e. The predicted molar refractivity (Wildman–Crippen MR) is 122 cm³/mol. The van der Waals surface area contributed by atoms with Crippen LogP contribution in [-0.2, 0) is 0 Å². The van der Waals surface area contributed by atoms with Crippen molar-refractivity contribution in [2.24, 2.45) is 0 Å². The second kappa shape index (κ2) is 9.00. The Morgan fingerprint density at radius 3 is 2.16 bits per heavy atom. The Hall–Kier alpha value is -3.39. The first kappa shape index (κ1) is 21.8. The maximum absolute atomic E-state index is 13.3. The fourth-order valence-electron chi connectivity index (χ4n) is 3.88. The van der Waals surface area contributed by atoms with Gasteiger partial charge in [-0.15, -0.1) is 0 Å². The Kier molecular flexibility index (Phi) is 6.14. The molecule has 1 aliphatic heterocycles. The van der Waals surface area contributed by atoms with Crippen LogP contribution in [0.5, 0.6) is 0 Å². The molecule has 8 nitrogen and oxygen atoms in total. The van der Waals surface area contributed by atoms with Crippen LogP contribution >= 0.6 is 11.6 Å². The molecule has 1 aromatic carbocycles. The van der Waals surface area contributed by atoms with Gasteiger partial charge in [0.05, 0.1) is 28.7 Å². The number of benzene rings is 1. The molecule has 3 aromatic rings. The Labute approximate surface area is 190 Å². The van der Waals surface area contributed by atoms with Crippen LogP contribution in [0, 0.1) is 0 Å². The van der Waals surface area contributed by atoms with Crippen molar-refractivity contribution in [3.8, 4) is 5.69 Å². The van der Waals surface area contributed by atoms with Crippen LogP contribution in [0.4, 0.5) is 0 Å². The molecule has 32 heavy (non-hydrogen) atoms. The highest BCUT2D eigenvalue weighted by Crippen LogP contribution is 2.25. The van der Waals surface area contributed by atoms with Gasteiger partial charge in [-0.25, -0.2) is 4.68 Å². The predicted octanol–water partition coefficient (Wildman–Crippen LogP) is 2.94. The summed E-state index contributed by atoms with van der Waals surface area (Å²) in [7, 11) is 0. The molecule has 9 heteroatoms. The number of carbonyl (C=O) groups is 2. The zero-order chi connectivity index (χ0) is 22.8. The van der Waals surface area contributed by atoms with Crippen LogP contribution < -0.4 is 5.56 Å². The van der Waals surface area contributed by atoms with Gasteiger partial charge in [0.2, 0.25) is 5.56 Å². The number of nitrogens with zero attached hydrogens (tertiary/aromatic N) is 4. The second-order valence-corrected chi connectivity index (χ2v) is 8.45. The van der Waals surface area contributed by atoms with E-state index >= 15 is 0 Å². The van der Waals surface area contributed by atoms with E-state index in [1.807, 2.05) is 26.0 Å². The van der Waals surface area contributed by atoms with Gasteiger partial charge in [0, 0.05) is 43.5 Å². The molecule has 0 saturated carbocycles. The highest BCUT2D eigenvalue weighted by molar-refractivity contribution is 6.30. The van der Waals surface area contributed by atoms with Gasteiger partial charge in [0.25, 0.3) is 11.8 Å². The van der Waals surface area contributed by atoms with Crippen molar-refractivity contribution in [3.05, 3.63) is 81.0 Å². The lowest BCUT2D eigenvalue weighted by Crippen LogP contribution is -2.50. The van der Waals surface area contributed by atoms with Crippen LogP contribution in [0.25, 0.3) is 5.69 Å². The SMILES string of the molecule is CC(C)c1c(C(=O)N2CCN(C(=O)c3ccc(=O)[nH]c3)CC2)cnn1-c1ccc(Cl)cc1. The number of nitrogens with one attached hydrogen (secondary N) is 1. The summed E-state index contributed by atoms with van der Waals surface area (Å²) >= 11 is 6.00. The van der Waals surface area contributed by atoms with Crippen molar-refractivity contribution in [3.63, 3.8) is 0 Å². The number of pyridine rings is 1. The molecule has 0 atom stereocenters. The molecule has 1 fully saturated rings. The normalized spacial score (nSPS) is 14.1. The first-order valence-electron chi connectivity index (χ1n) is 10.5. The van der Waals surface area contributed by atoms with Gasteiger partial charge in [-0.2, -0.15) is 5.10 Å². The Balaban J connectivity index is 1.49. The van der Waals surface area contributed by atoms with Gasteiger partial charge in [-0.3, -0.25) is 14.4 Å². The number of piperazine rings is 1. The summed E-state index contributed by atoms with van der Waals surface area (Å²) in [5, 5.41) is 5.11. The number of rotatable bonds is 4. The van der Waals surface area contributed by atoms with Gasteiger partial charge >= 0.3 is 0 Å². The number of hydrogen-bond donors (Lipinski definition) is 1. The van der Waals surface area contributed by atoms with E-state index in [0.29, 0.717) is 42.3 Å². The second-order valence-electron chi connectivity index (χ2n) is 8.01. The molecule has 0 radical (unpaired) electrons. The molecule has 1 aliphatic rings. The van der Waals surface area contributed by atoms with Gasteiger partial charge in [-0.05, 0) is 36.2 Å². The summed E-state index contributed by atoms with van der Waals surface area (Å²) in [4.78, 5) is 43.2. The lowest BCUT2D eigenvalue weighted by Gasteiger charge is -2.35. The third kappa shape index (κ3) is 4.31. The van der Waals surface area contributed by atoms with Gasteiger partial charge < -0.3 is 14.8 Å². The number of aromatic nitrogens is 3. The minimum absolute atomic E-state index is 0.0789. The lowest BCUT2D eigenvalue weighted by molar-refractivity contribution is 0.0534. The summed E-state index contributed by atoms with van der Waals surface area (Å²) < 4.78 is 1.78. The molecule has 1 saturated heterocycles. The fraction of sp³-hybridized carbons (Fsp3) is 0.304. The Morgan fingerprint density at radius 2 is 1.59 bits per heavy atom. The average Bonchev–Trinajstić information content (AvgIpc) is 3.25. The van der Waals surface area contributed by atoms with Crippen molar-refractivity contribution >= 4 is 23.4 Å². The molecule has 166 valence electrons. The van der Waals surface area contributed by atoms with E-state index in [0.717, 1.165) is 11.4 Å². The molecule has 0 aliphatic carbocycles. The number of hydrogen-bond acceptors (Lipinski definition) is 4. The highest BCUT2D eigenvalue weighted by atomic mass is 35.5. The minimum Gasteiger partial charge on any atom is -0.335 e. The quantitative estimate of drug-likeness (QED) is 0.657. The average molecular weight is 454 g/mol. The lowest BCUT2D eigenvalue weighted by atomic mass is 10.0. The van der Waals surface area contributed by atoms with Crippen molar-refractivity contribution in [2.45, 2.75) is 19.8 Å². The summed E-state index contributed by atoms with van der Waals surface area (Å²) in [5.41, 5.74) is 2.42. The largest absolute Gasteiger partial charge is 0.335 e.